The second-order valence-electron chi connectivity index (χ2n) is 3.46. The number of carboxylic acid groups (broad SMARTS) is 3. The molecule has 0 aromatic heterocycles. The first-order valence-corrected chi connectivity index (χ1v) is 4.27. The van der Waals surface area contributed by atoms with Crippen molar-refractivity contribution in [2.75, 3.05) is 0 Å². The van der Waals surface area contributed by atoms with Gasteiger partial charge in [0.1, 0.15) is 0 Å². The van der Waals surface area contributed by atoms with Gasteiger partial charge < -0.3 is 15.3 Å². The Balaban J connectivity index is 3.06. The first kappa shape index (κ1) is 11.2. The third kappa shape index (κ3) is 1.83. The van der Waals surface area contributed by atoms with Crippen LogP contribution in [0.3, 0.4) is 0 Å². The maximum absolute atomic E-state index is 10.9. The highest BCUT2D eigenvalue weighted by Crippen LogP contribution is 2.35. The van der Waals surface area contributed by atoms with Crippen LogP contribution in [0.1, 0.15) is 12.8 Å². The van der Waals surface area contributed by atoms with E-state index >= 15 is 0 Å². The van der Waals surface area contributed by atoms with Crippen molar-refractivity contribution in [1.29, 1.82) is 0 Å². The number of allylic oxidation sites excluding steroid dienone is 1. The van der Waals surface area contributed by atoms with Crippen LogP contribution < -0.4 is 0 Å². The molecule has 1 rings (SSSR count). The van der Waals surface area contributed by atoms with Crippen LogP contribution in [-0.2, 0) is 14.4 Å². The summed E-state index contributed by atoms with van der Waals surface area (Å²) in [5, 5.41) is 26.4. The van der Waals surface area contributed by atoms with Gasteiger partial charge in [-0.25, -0.2) is 0 Å². The molecule has 1 aliphatic rings. The average Bonchev–Trinajstić information content (AvgIpc) is 2.17. The molecule has 0 spiro atoms. The fraction of sp³-hybridized carbons (Fsp3) is 0.444. The van der Waals surface area contributed by atoms with Gasteiger partial charge in [0.25, 0.3) is 0 Å². The quantitative estimate of drug-likeness (QED) is 0.456. The molecule has 0 saturated heterocycles. The standard InChI is InChI=1S/C9H10O6/c10-6(11)5-2-1-3-9(4-5,7(12)13)8(14)15/h1,3,5H,2,4H2,(H,10,11)(H,12,13)(H,14,15). The molecule has 6 heteroatoms. The van der Waals surface area contributed by atoms with Crippen LogP contribution in [0.5, 0.6) is 0 Å². The molecule has 1 unspecified atom stereocenters. The zero-order valence-electron chi connectivity index (χ0n) is 7.71. The zero-order chi connectivity index (χ0) is 11.6. The van der Waals surface area contributed by atoms with Crippen molar-refractivity contribution in [1.82, 2.24) is 0 Å². The van der Waals surface area contributed by atoms with Gasteiger partial charge in [-0.15, -0.1) is 0 Å². The molecule has 82 valence electrons. The van der Waals surface area contributed by atoms with Gasteiger partial charge in [0, 0.05) is 0 Å². The molecule has 0 fully saturated rings. The van der Waals surface area contributed by atoms with E-state index in [1.54, 1.807) is 0 Å². The van der Waals surface area contributed by atoms with Gasteiger partial charge in [-0.3, -0.25) is 14.4 Å². The Morgan fingerprint density at radius 2 is 1.67 bits per heavy atom. The SMILES string of the molecule is O=C(O)C1CC=CC(C(=O)O)(C(=O)O)C1. The summed E-state index contributed by atoms with van der Waals surface area (Å²) in [6.45, 7) is 0. The molecule has 0 heterocycles. The highest BCUT2D eigenvalue weighted by atomic mass is 16.4. The van der Waals surface area contributed by atoms with Crippen LogP contribution in [0.2, 0.25) is 0 Å². The molecule has 6 nitrogen and oxygen atoms in total. The Bertz CT molecular complexity index is 329. The summed E-state index contributed by atoms with van der Waals surface area (Å²) < 4.78 is 0. The molecule has 0 aliphatic heterocycles. The number of hydrogen-bond acceptors (Lipinski definition) is 3. The van der Waals surface area contributed by atoms with Crippen molar-refractivity contribution >= 4 is 17.9 Å². The summed E-state index contributed by atoms with van der Waals surface area (Å²) in [6.07, 6.45) is 2.10. The normalized spacial score (nSPS) is 23.3. The van der Waals surface area contributed by atoms with Gasteiger partial charge in [0.15, 0.2) is 5.41 Å². The van der Waals surface area contributed by atoms with Crippen molar-refractivity contribution in [3.63, 3.8) is 0 Å². The molecule has 0 radical (unpaired) electrons. The Morgan fingerprint density at radius 1 is 1.13 bits per heavy atom. The van der Waals surface area contributed by atoms with Gasteiger partial charge in [-0.05, 0) is 12.8 Å². The van der Waals surface area contributed by atoms with E-state index in [-0.39, 0.29) is 6.42 Å². The van der Waals surface area contributed by atoms with Gasteiger partial charge in [0.05, 0.1) is 5.92 Å². The number of hydrogen-bond donors (Lipinski definition) is 3. The molecule has 1 aliphatic carbocycles. The lowest BCUT2D eigenvalue weighted by Crippen LogP contribution is -2.42. The Labute approximate surface area is 84.8 Å². The van der Waals surface area contributed by atoms with E-state index in [1.165, 1.54) is 6.08 Å². The van der Waals surface area contributed by atoms with Crippen LogP contribution in [0.25, 0.3) is 0 Å². The van der Waals surface area contributed by atoms with Gasteiger partial charge in [-0.1, -0.05) is 12.2 Å². The van der Waals surface area contributed by atoms with Crippen molar-refractivity contribution < 1.29 is 29.7 Å². The predicted molar refractivity (Wildman–Crippen MR) is 47.2 cm³/mol. The molecule has 0 aromatic carbocycles. The van der Waals surface area contributed by atoms with E-state index in [0.717, 1.165) is 6.08 Å². The molecule has 0 amide bonds. The second-order valence-corrected chi connectivity index (χ2v) is 3.46. The summed E-state index contributed by atoms with van der Waals surface area (Å²) in [6, 6.07) is 0. The van der Waals surface area contributed by atoms with Crippen molar-refractivity contribution in [2.45, 2.75) is 12.8 Å². The smallest absolute Gasteiger partial charge is 0.325 e. The Hall–Kier alpha value is -1.85. The fourth-order valence-corrected chi connectivity index (χ4v) is 1.57. The van der Waals surface area contributed by atoms with Crippen molar-refractivity contribution in [3.8, 4) is 0 Å². The minimum absolute atomic E-state index is 0.164. The Morgan fingerprint density at radius 3 is 2.07 bits per heavy atom. The molecule has 15 heavy (non-hydrogen) atoms. The summed E-state index contributed by atoms with van der Waals surface area (Å²) in [5.74, 6) is -5.19. The van der Waals surface area contributed by atoms with E-state index < -0.39 is 35.7 Å². The largest absolute Gasteiger partial charge is 0.481 e. The lowest BCUT2D eigenvalue weighted by atomic mass is 9.74. The summed E-state index contributed by atoms with van der Waals surface area (Å²) in [5.41, 5.74) is -2.10. The maximum atomic E-state index is 10.9. The minimum atomic E-state index is -2.10. The first-order chi connectivity index (χ1) is 6.90. The summed E-state index contributed by atoms with van der Waals surface area (Å²) in [7, 11) is 0. The lowest BCUT2D eigenvalue weighted by molar-refractivity contribution is -0.163. The van der Waals surface area contributed by atoms with E-state index in [1.807, 2.05) is 0 Å². The molecular formula is C9H10O6. The van der Waals surface area contributed by atoms with Gasteiger partial charge in [-0.2, -0.15) is 0 Å². The molecule has 1 atom stereocenters. The average molecular weight is 214 g/mol. The molecule has 0 bridgehead atoms. The molecule has 0 aromatic rings. The van der Waals surface area contributed by atoms with E-state index in [2.05, 4.69) is 0 Å². The number of carboxylic acids is 3. The Kier molecular flexibility index (Phi) is 2.78. The number of rotatable bonds is 3. The van der Waals surface area contributed by atoms with Crippen LogP contribution in [-0.4, -0.2) is 33.2 Å². The van der Waals surface area contributed by atoms with E-state index in [4.69, 9.17) is 15.3 Å². The third-order valence-electron chi connectivity index (χ3n) is 2.50. The fourth-order valence-electron chi connectivity index (χ4n) is 1.57. The van der Waals surface area contributed by atoms with Crippen molar-refractivity contribution in [2.24, 2.45) is 11.3 Å². The lowest BCUT2D eigenvalue weighted by Gasteiger charge is -2.27. The van der Waals surface area contributed by atoms with Crippen LogP contribution in [0.4, 0.5) is 0 Å². The van der Waals surface area contributed by atoms with E-state index in [9.17, 15) is 14.4 Å². The third-order valence-corrected chi connectivity index (χ3v) is 2.50. The minimum Gasteiger partial charge on any atom is -0.481 e. The van der Waals surface area contributed by atoms with E-state index in [0.29, 0.717) is 0 Å². The van der Waals surface area contributed by atoms with Crippen LogP contribution >= 0.6 is 0 Å². The second kappa shape index (κ2) is 3.72. The van der Waals surface area contributed by atoms with Gasteiger partial charge in [0.2, 0.25) is 0 Å². The topological polar surface area (TPSA) is 112 Å². The van der Waals surface area contributed by atoms with Crippen molar-refractivity contribution in [3.05, 3.63) is 12.2 Å². The summed E-state index contributed by atoms with van der Waals surface area (Å²) in [4.78, 5) is 32.4. The first-order valence-electron chi connectivity index (χ1n) is 4.27. The zero-order valence-corrected chi connectivity index (χ0v) is 7.71. The molecule has 3 N–H and O–H groups in total. The summed E-state index contributed by atoms with van der Waals surface area (Å²) >= 11 is 0. The maximum Gasteiger partial charge on any atom is 0.325 e. The molecule has 0 saturated carbocycles. The van der Waals surface area contributed by atoms with Crippen LogP contribution in [0.15, 0.2) is 12.2 Å². The van der Waals surface area contributed by atoms with Gasteiger partial charge >= 0.3 is 17.9 Å². The van der Waals surface area contributed by atoms with Crippen LogP contribution in [0, 0.1) is 11.3 Å². The molecular weight excluding hydrogens is 204 g/mol. The monoisotopic (exact) mass is 214 g/mol. The number of aliphatic carboxylic acids is 3. The highest BCUT2D eigenvalue weighted by molar-refractivity contribution is 6.01. The predicted octanol–water partition coefficient (Wildman–Crippen LogP) is 0.193. The highest BCUT2D eigenvalue weighted by Gasteiger charge is 2.48. The number of carbonyl (C=O) groups is 3.